The van der Waals surface area contributed by atoms with Crippen LogP contribution in [0.4, 0.5) is 9.52 Å². The fraction of sp³-hybridized carbons (Fsp3) is 0.421. The second-order valence-corrected chi connectivity index (χ2v) is 7.91. The number of hydrogen-bond donors (Lipinski definition) is 0. The molecule has 1 aromatic carbocycles. The van der Waals surface area contributed by atoms with Crippen molar-refractivity contribution in [1.29, 1.82) is 0 Å². The molecule has 1 saturated carbocycles. The molecule has 2 aromatic heterocycles. The van der Waals surface area contributed by atoms with E-state index in [1.807, 2.05) is 17.8 Å². The largest absolute Gasteiger partial charge is 0.340 e. The van der Waals surface area contributed by atoms with Gasteiger partial charge in [-0.1, -0.05) is 30.6 Å². The first-order chi connectivity index (χ1) is 12.6. The van der Waals surface area contributed by atoms with Crippen molar-refractivity contribution in [2.45, 2.75) is 38.6 Å². The summed E-state index contributed by atoms with van der Waals surface area (Å²) in [6, 6.07) is 4.53. The lowest BCUT2D eigenvalue weighted by Gasteiger charge is -2.27. The predicted molar refractivity (Wildman–Crippen MR) is 101 cm³/mol. The van der Waals surface area contributed by atoms with Gasteiger partial charge in [0.25, 0.3) is 0 Å². The number of thiazole rings is 1. The summed E-state index contributed by atoms with van der Waals surface area (Å²) in [4.78, 5) is 23.9. The SMILES string of the molecule is Cn1cnc(CN(C(=O)C2CCCCC2)c2nc3ccc(F)cc3s2)c1. The molecule has 0 unspecified atom stereocenters. The monoisotopic (exact) mass is 372 g/mol. The van der Waals surface area contributed by atoms with Gasteiger partial charge in [0.1, 0.15) is 5.82 Å². The van der Waals surface area contributed by atoms with Crippen LogP contribution >= 0.6 is 11.3 Å². The maximum Gasteiger partial charge on any atom is 0.232 e. The summed E-state index contributed by atoms with van der Waals surface area (Å²) < 4.78 is 16.2. The van der Waals surface area contributed by atoms with Gasteiger partial charge in [0.15, 0.2) is 5.13 Å². The van der Waals surface area contributed by atoms with E-state index < -0.39 is 0 Å². The van der Waals surface area contributed by atoms with Crippen molar-refractivity contribution < 1.29 is 9.18 Å². The lowest BCUT2D eigenvalue weighted by molar-refractivity contribution is -0.123. The topological polar surface area (TPSA) is 51.0 Å². The van der Waals surface area contributed by atoms with E-state index in [1.165, 1.54) is 29.9 Å². The zero-order valence-electron chi connectivity index (χ0n) is 14.7. The lowest BCUT2D eigenvalue weighted by atomic mass is 9.88. The molecule has 0 radical (unpaired) electrons. The fourth-order valence-corrected chi connectivity index (χ4v) is 4.52. The molecule has 1 amide bonds. The number of hydrogen-bond acceptors (Lipinski definition) is 4. The maximum absolute atomic E-state index is 13.5. The van der Waals surface area contributed by atoms with Crippen LogP contribution in [0.2, 0.25) is 0 Å². The molecule has 0 aliphatic heterocycles. The van der Waals surface area contributed by atoms with Gasteiger partial charge >= 0.3 is 0 Å². The highest BCUT2D eigenvalue weighted by Crippen LogP contribution is 2.33. The van der Waals surface area contributed by atoms with E-state index in [9.17, 15) is 9.18 Å². The van der Waals surface area contributed by atoms with Gasteiger partial charge in [0, 0.05) is 19.2 Å². The number of nitrogens with zero attached hydrogens (tertiary/aromatic N) is 4. The first-order valence-electron chi connectivity index (χ1n) is 8.94. The van der Waals surface area contributed by atoms with Gasteiger partial charge in [-0.05, 0) is 31.0 Å². The van der Waals surface area contributed by atoms with E-state index in [2.05, 4.69) is 9.97 Å². The molecule has 4 rings (SSSR count). The molecule has 0 bridgehead atoms. The highest BCUT2D eigenvalue weighted by molar-refractivity contribution is 7.22. The quantitative estimate of drug-likeness (QED) is 0.687. The Kier molecular flexibility index (Phi) is 4.72. The fourth-order valence-electron chi connectivity index (χ4n) is 3.52. The molecule has 1 aliphatic carbocycles. The van der Waals surface area contributed by atoms with Crippen LogP contribution in [0.15, 0.2) is 30.7 Å². The molecule has 0 atom stereocenters. The van der Waals surface area contributed by atoms with Crippen molar-refractivity contribution in [2.24, 2.45) is 13.0 Å². The van der Waals surface area contributed by atoms with Crippen molar-refractivity contribution in [3.63, 3.8) is 0 Å². The number of anilines is 1. The number of carbonyl (C=O) groups excluding carboxylic acids is 1. The smallest absolute Gasteiger partial charge is 0.232 e. The number of fused-ring (bicyclic) bond motifs is 1. The number of aryl methyl sites for hydroxylation is 1. The van der Waals surface area contributed by atoms with Gasteiger partial charge in [-0.2, -0.15) is 0 Å². The number of rotatable bonds is 4. The van der Waals surface area contributed by atoms with Gasteiger partial charge in [0.05, 0.1) is 28.8 Å². The summed E-state index contributed by atoms with van der Waals surface area (Å²) in [5.74, 6) is -0.145. The van der Waals surface area contributed by atoms with E-state index in [0.29, 0.717) is 17.2 Å². The number of carbonyl (C=O) groups is 1. The standard InChI is InChI=1S/C19H21FN4OS/c1-23-10-15(21-12-23)11-24(18(25)13-5-3-2-4-6-13)19-22-16-8-7-14(20)9-17(16)26-19/h7-10,12-13H,2-6,11H2,1H3. The first-order valence-corrected chi connectivity index (χ1v) is 9.76. The predicted octanol–water partition coefficient (Wildman–Crippen LogP) is 4.28. The van der Waals surface area contributed by atoms with Gasteiger partial charge in [-0.15, -0.1) is 0 Å². The van der Waals surface area contributed by atoms with Crippen molar-refractivity contribution >= 4 is 32.6 Å². The summed E-state index contributed by atoms with van der Waals surface area (Å²) in [6.07, 6.45) is 8.89. The third-order valence-corrected chi connectivity index (χ3v) is 5.91. The summed E-state index contributed by atoms with van der Waals surface area (Å²) in [6.45, 7) is 0.387. The molecule has 1 aliphatic rings. The van der Waals surface area contributed by atoms with Crippen molar-refractivity contribution in [2.75, 3.05) is 4.90 Å². The molecular formula is C19H21FN4OS. The van der Waals surface area contributed by atoms with E-state index in [0.717, 1.165) is 36.1 Å². The number of imidazole rings is 1. The molecule has 2 heterocycles. The van der Waals surface area contributed by atoms with Crippen LogP contribution in [0.3, 0.4) is 0 Å². The second-order valence-electron chi connectivity index (χ2n) is 6.90. The lowest BCUT2D eigenvalue weighted by Crippen LogP contribution is -2.36. The first kappa shape index (κ1) is 17.1. The minimum atomic E-state index is -0.289. The number of halogens is 1. The summed E-state index contributed by atoms with van der Waals surface area (Å²) >= 11 is 1.36. The van der Waals surface area contributed by atoms with Crippen LogP contribution in [0.5, 0.6) is 0 Å². The molecule has 0 N–H and O–H groups in total. The Labute approximate surface area is 155 Å². The normalized spacial score (nSPS) is 15.5. The van der Waals surface area contributed by atoms with Gasteiger partial charge in [-0.25, -0.2) is 14.4 Å². The summed E-state index contributed by atoms with van der Waals surface area (Å²) in [5, 5.41) is 0.617. The highest BCUT2D eigenvalue weighted by atomic mass is 32.1. The Morgan fingerprint density at radius 2 is 2.15 bits per heavy atom. The Balaban J connectivity index is 1.69. The van der Waals surface area contributed by atoms with Crippen LogP contribution in [0, 0.1) is 11.7 Å². The molecule has 5 nitrogen and oxygen atoms in total. The van der Waals surface area contributed by atoms with Crippen LogP contribution in [0.1, 0.15) is 37.8 Å². The Morgan fingerprint density at radius 3 is 2.88 bits per heavy atom. The van der Waals surface area contributed by atoms with Crippen LogP contribution < -0.4 is 4.90 Å². The molecule has 1 fully saturated rings. The van der Waals surface area contributed by atoms with Gasteiger partial charge in [-0.3, -0.25) is 9.69 Å². The second kappa shape index (κ2) is 7.15. The van der Waals surface area contributed by atoms with E-state index in [-0.39, 0.29) is 17.6 Å². The van der Waals surface area contributed by atoms with Gasteiger partial charge < -0.3 is 4.57 Å². The van der Waals surface area contributed by atoms with Crippen LogP contribution in [0.25, 0.3) is 10.2 Å². The number of aromatic nitrogens is 3. The van der Waals surface area contributed by atoms with Crippen molar-refractivity contribution in [3.8, 4) is 0 Å². The Morgan fingerprint density at radius 1 is 1.35 bits per heavy atom. The molecule has 3 aromatic rings. The van der Waals surface area contributed by atoms with Crippen molar-refractivity contribution in [3.05, 3.63) is 42.2 Å². The van der Waals surface area contributed by atoms with Gasteiger partial charge in [0.2, 0.25) is 5.91 Å². The minimum Gasteiger partial charge on any atom is -0.340 e. The van der Waals surface area contributed by atoms with Crippen molar-refractivity contribution in [1.82, 2.24) is 14.5 Å². The van der Waals surface area contributed by atoms with E-state index in [4.69, 9.17) is 0 Å². The number of benzene rings is 1. The molecular weight excluding hydrogens is 351 g/mol. The highest BCUT2D eigenvalue weighted by Gasteiger charge is 2.29. The van der Waals surface area contributed by atoms with E-state index >= 15 is 0 Å². The Hall–Kier alpha value is -2.28. The molecule has 7 heteroatoms. The van der Waals surface area contributed by atoms with E-state index in [1.54, 1.807) is 17.3 Å². The third kappa shape index (κ3) is 3.49. The third-order valence-electron chi connectivity index (χ3n) is 4.87. The zero-order valence-corrected chi connectivity index (χ0v) is 15.5. The molecule has 136 valence electrons. The summed E-state index contributed by atoms with van der Waals surface area (Å²) in [7, 11) is 1.91. The molecule has 0 saturated heterocycles. The summed E-state index contributed by atoms with van der Waals surface area (Å²) in [5.41, 5.74) is 1.54. The zero-order chi connectivity index (χ0) is 18.1. The minimum absolute atomic E-state index is 0.0382. The Bertz CT molecular complexity index is 929. The molecule has 26 heavy (non-hydrogen) atoms. The van der Waals surface area contributed by atoms with Crippen LogP contribution in [-0.2, 0) is 18.4 Å². The van der Waals surface area contributed by atoms with Crippen LogP contribution in [-0.4, -0.2) is 20.4 Å². The average Bonchev–Trinajstić information content (AvgIpc) is 3.25. The number of amides is 1. The molecule has 0 spiro atoms. The average molecular weight is 372 g/mol. The maximum atomic E-state index is 13.5.